The molecule has 1 N–H and O–H groups in total. The second kappa shape index (κ2) is 14.9. The summed E-state index contributed by atoms with van der Waals surface area (Å²) in [5.74, 6) is 0.00171. The number of ether oxygens (including phenoxy) is 1. The third-order valence-electron chi connectivity index (χ3n) is 6.38. The lowest BCUT2D eigenvalue weighted by molar-refractivity contribution is -0.140. The van der Waals surface area contributed by atoms with Gasteiger partial charge in [0, 0.05) is 18.1 Å². The molecule has 0 aromatic heterocycles. The highest BCUT2D eigenvalue weighted by Crippen LogP contribution is 2.27. The monoisotopic (exact) mass is 599 g/mol. The van der Waals surface area contributed by atoms with E-state index in [-0.39, 0.29) is 23.3 Å². The van der Waals surface area contributed by atoms with Gasteiger partial charge in [-0.05, 0) is 73.4 Å². The molecule has 2 amide bonds. The number of nitrogens with zero attached hydrogens (tertiary/aromatic N) is 2. The van der Waals surface area contributed by atoms with Gasteiger partial charge in [0.25, 0.3) is 10.0 Å². The van der Waals surface area contributed by atoms with Crippen molar-refractivity contribution in [3.05, 3.63) is 89.4 Å². The Morgan fingerprint density at radius 2 is 1.56 bits per heavy atom. The largest absolute Gasteiger partial charge is 0.494 e. The molecule has 0 aliphatic carbocycles. The molecule has 1 unspecified atom stereocenters. The quantitative estimate of drug-likeness (QED) is 0.263. The lowest BCUT2D eigenvalue weighted by atomic mass is 10.1. The van der Waals surface area contributed by atoms with Gasteiger partial charge in [-0.1, -0.05) is 62.7 Å². The number of carbonyl (C=O) groups is 2. The zero-order valence-electron chi connectivity index (χ0n) is 23.9. The predicted molar refractivity (Wildman–Crippen MR) is 163 cm³/mol. The summed E-state index contributed by atoms with van der Waals surface area (Å²) in [4.78, 5) is 28.8. The van der Waals surface area contributed by atoms with E-state index in [1.54, 1.807) is 66.7 Å². The van der Waals surface area contributed by atoms with Crippen LogP contribution in [0.15, 0.2) is 83.8 Å². The van der Waals surface area contributed by atoms with Gasteiger partial charge < -0.3 is 15.0 Å². The normalized spacial score (nSPS) is 12.0. The maximum absolute atomic E-state index is 14.1. The second-order valence-corrected chi connectivity index (χ2v) is 12.3. The number of benzene rings is 3. The summed E-state index contributed by atoms with van der Waals surface area (Å²) in [5, 5.41) is 3.47. The van der Waals surface area contributed by atoms with E-state index in [9.17, 15) is 18.0 Å². The number of hydrogen-bond acceptors (Lipinski definition) is 5. The Balaban J connectivity index is 2.03. The van der Waals surface area contributed by atoms with Crippen molar-refractivity contribution >= 4 is 39.1 Å². The molecule has 8 nitrogen and oxygen atoms in total. The van der Waals surface area contributed by atoms with E-state index in [0.717, 1.165) is 9.87 Å². The minimum Gasteiger partial charge on any atom is -0.494 e. The van der Waals surface area contributed by atoms with Gasteiger partial charge in [0.2, 0.25) is 11.8 Å². The summed E-state index contributed by atoms with van der Waals surface area (Å²) in [6.07, 6.45) is 0.345. The van der Waals surface area contributed by atoms with Gasteiger partial charge in [-0.3, -0.25) is 13.9 Å². The molecule has 0 radical (unpaired) electrons. The summed E-state index contributed by atoms with van der Waals surface area (Å²) < 4.78 is 34.4. The Morgan fingerprint density at radius 1 is 0.927 bits per heavy atom. The van der Waals surface area contributed by atoms with Crippen LogP contribution in [0.4, 0.5) is 5.69 Å². The molecule has 3 rings (SSSR count). The molecule has 0 aliphatic rings. The summed E-state index contributed by atoms with van der Waals surface area (Å²) >= 11 is 6.07. The van der Waals surface area contributed by atoms with Crippen molar-refractivity contribution in [2.45, 2.75) is 51.6 Å². The molecular formula is C31H38ClN3O5S. The van der Waals surface area contributed by atoms with Crippen LogP contribution in [0.1, 0.15) is 39.7 Å². The first kappa shape index (κ1) is 32.0. The zero-order valence-corrected chi connectivity index (χ0v) is 25.5. The highest BCUT2D eigenvalue weighted by Gasteiger charge is 2.33. The number of sulfonamides is 1. The molecule has 220 valence electrons. The molecule has 0 saturated heterocycles. The van der Waals surface area contributed by atoms with Gasteiger partial charge in [-0.2, -0.15) is 0 Å². The Hall–Kier alpha value is -3.56. The van der Waals surface area contributed by atoms with E-state index in [1.807, 2.05) is 27.7 Å². The standard InChI is InChI=1S/C31H38ClN3O5S/c1-5-29(31(37)33-20-23(3)4)34(21-24-12-14-25(32)15-13-24)30(36)22-35(26-16-18-27(19-17-26)40-6-2)41(38,39)28-10-8-7-9-11-28/h7-19,23,29H,5-6,20-22H2,1-4H3,(H,33,37). The molecule has 41 heavy (non-hydrogen) atoms. The zero-order chi connectivity index (χ0) is 30.0. The van der Waals surface area contributed by atoms with Crippen LogP contribution >= 0.6 is 11.6 Å². The van der Waals surface area contributed by atoms with Crippen LogP contribution in [0, 0.1) is 5.92 Å². The number of nitrogens with one attached hydrogen (secondary N) is 1. The van der Waals surface area contributed by atoms with Crippen LogP contribution in [0.2, 0.25) is 5.02 Å². The lowest BCUT2D eigenvalue weighted by Gasteiger charge is -2.33. The van der Waals surface area contributed by atoms with Crippen LogP contribution in [-0.2, 0) is 26.2 Å². The van der Waals surface area contributed by atoms with Crippen LogP contribution < -0.4 is 14.4 Å². The van der Waals surface area contributed by atoms with E-state index in [2.05, 4.69) is 5.32 Å². The fourth-order valence-electron chi connectivity index (χ4n) is 4.25. The van der Waals surface area contributed by atoms with E-state index in [0.29, 0.717) is 36.0 Å². The molecule has 10 heteroatoms. The van der Waals surface area contributed by atoms with Gasteiger partial charge in [-0.15, -0.1) is 0 Å². The Labute approximate surface area is 248 Å². The molecule has 0 heterocycles. The molecule has 0 aliphatic heterocycles. The van der Waals surface area contributed by atoms with Crippen molar-refractivity contribution in [3.63, 3.8) is 0 Å². The van der Waals surface area contributed by atoms with Gasteiger partial charge in [0.1, 0.15) is 18.3 Å². The minimum atomic E-state index is -4.13. The third-order valence-corrected chi connectivity index (χ3v) is 8.42. The van der Waals surface area contributed by atoms with Gasteiger partial charge in [0.15, 0.2) is 0 Å². The summed E-state index contributed by atoms with van der Waals surface area (Å²) in [7, 11) is -4.13. The number of anilines is 1. The number of carbonyl (C=O) groups excluding carboxylic acids is 2. The fraction of sp³-hybridized carbons (Fsp3) is 0.355. The average Bonchev–Trinajstić information content (AvgIpc) is 2.96. The maximum Gasteiger partial charge on any atom is 0.264 e. The van der Waals surface area contributed by atoms with Crippen LogP contribution in [0.25, 0.3) is 0 Å². The highest BCUT2D eigenvalue weighted by atomic mass is 35.5. The van der Waals surface area contributed by atoms with Crippen LogP contribution in [-0.4, -0.2) is 50.9 Å². The average molecular weight is 600 g/mol. The third kappa shape index (κ3) is 8.71. The lowest BCUT2D eigenvalue weighted by Crippen LogP contribution is -2.52. The SMILES string of the molecule is CCOc1ccc(N(CC(=O)N(Cc2ccc(Cl)cc2)C(CC)C(=O)NCC(C)C)S(=O)(=O)c2ccccc2)cc1. The van der Waals surface area contributed by atoms with E-state index in [4.69, 9.17) is 16.3 Å². The minimum absolute atomic E-state index is 0.0488. The van der Waals surface area contributed by atoms with Crippen LogP contribution in [0.3, 0.4) is 0 Å². The smallest absolute Gasteiger partial charge is 0.264 e. The van der Waals surface area contributed by atoms with Crippen molar-refractivity contribution in [2.24, 2.45) is 5.92 Å². The van der Waals surface area contributed by atoms with Crippen molar-refractivity contribution in [1.29, 1.82) is 0 Å². The topological polar surface area (TPSA) is 96.0 Å². The Morgan fingerprint density at radius 3 is 2.12 bits per heavy atom. The van der Waals surface area contributed by atoms with Crippen LogP contribution in [0.5, 0.6) is 5.75 Å². The molecule has 0 bridgehead atoms. The number of halogens is 1. The van der Waals surface area contributed by atoms with Crippen molar-refractivity contribution in [3.8, 4) is 5.75 Å². The summed E-state index contributed by atoms with van der Waals surface area (Å²) in [6, 6.07) is 20.7. The van der Waals surface area contributed by atoms with Crippen molar-refractivity contribution < 1.29 is 22.7 Å². The van der Waals surface area contributed by atoms with Crippen molar-refractivity contribution in [2.75, 3.05) is 24.0 Å². The fourth-order valence-corrected chi connectivity index (χ4v) is 5.81. The molecule has 0 saturated carbocycles. The molecule has 0 fully saturated rings. The number of hydrogen-bond donors (Lipinski definition) is 1. The van der Waals surface area contributed by atoms with Gasteiger partial charge in [0.05, 0.1) is 17.2 Å². The second-order valence-electron chi connectivity index (χ2n) is 9.96. The summed E-state index contributed by atoms with van der Waals surface area (Å²) in [5.41, 5.74) is 1.06. The highest BCUT2D eigenvalue weighted by molar-refractivity contribution is 7.92. The van der Waals surface area contributed by atoms with Gasteiger partial charge in [-0.25, -0.2) is 8.42 Å². The van der Waals surface area contributed by atoms with E-state index >= 15 is 0 Å². The number of amides is 2. The van der Waals surface area contributed by atoms with E-state index in [1.165, 1.54) is 17.0 Å². The molecule has 3 aromatic rings. The maximum atomic E-state index is 14.1. The Kier molecular flexibility index (Phi) is 11.6. The molecule has 3 aromatic carbocycles. The first-order chi connectivity index (χ1) is 19.6. The Bertz CT molecular complexity index is 1380. The van der Waals surface area contributed by atoms with Gasteiger partial charge >= 0.3 is 0 Å². The molecule has 1 atom stereocenters. The first-order valence-corrected chi connectivity index (χ1v) is 15.5. The molecular weight excluding hydrogens is 562 g/mol. The summed E-state index contributed by atoms with van der Waals surface area (Å²) in [6.45, 7) is 8.17. The van der Waals surface area contributed by atoms with E-state index < -0.39 is 28.5 Å². The van der Waals surface area contributed by atoms with Crippen molar-refractivity contribution in [1.82, 2.24) is 10.2 Å². The first-order valence-electron chi connectivity index (χ1n) is 13.7. The molecule has 0 spiro atoms. The number of rotatable bonds is 14. The predicted octanol–water partition coefficient (Wildman–Crippen LogP) is 5.51.